The molecule has 1 aromatic heterocycles. The summed E-state index contributed by atoms with van der Waals surface area (Å²) in [5.74, 6) is 0.142. The number of carbonyl (C=O) groups is 1. The first-order valence-corrected chi connectivity index (χ1v) is 12.3. The normalized spacial score (nSPS) is 20.6. The molecule has 3 aliphatic heterocycles. The molecular weight excluding hydrogens is 511 g/mol. The molecule has 2 bridgehead atoms. The first kappa shape index (κ1) is 24.9. The quantitative estimate of drug-likeness (QED) is 0.434. The smallest absolute Gasteiger partial charge is 0.312 e. The second-order valence-electron chi connectivity index (χ2n) is 9.37. The first-order valence-electron chi connectivity index (χ1n) is 11.5. The topological polar surface area (TPSA) is 45.6 Å². The van der Waals surface area contributed by atoms with E-state index in [2.05, 4.69) is 4.90 Å². The van der Waals surface area contributed by atoms with Gasteiger partial charge in [0.1, 0.15) is 0 Å². The number of nitrogens with zero attached hydrogens (tertiary/aromatic N) is 3. The van der Waals surface area contributed by atoms with Gasteiger partial charge in [-0.1, -0.05) is 30.0 Å². The molecule has 1 saturated heterocycles. The lowest BCUT2D eigenvalue weighted by molar-refractivity contribution is -0.137. The number of piperidine rings is 1. The van der Waals surface area contributed by atoms with Crippen molar-refractivity contribution in [3.05, 3.63) is 82.3 Å². The number of benzene rings is 2. The maximum atomic E-state index is 13.7. The minimum absolute atomic E-state index is 0. The highest BCUT2D eigenvalue weighted by Crippen LogP contribution is 2.49. The predicted octanol–water partition coefficient (Wildman–Crippen LogP) is 5.54. The zero-order chi connectivity index (χ0) is 24.3. The number of fused-ring (bicyclic) bond motifs is 6. The second-order valence-corrected chi connectivity index (χ2v) is 10.5. The van der Waals surface area contributed by atoms with Crippen molar-refractivity contribution >= 4 is 41.5 Å². The average molecular weight is 534 g/mol. The highest BCUT2D eigenvalue weighted by Gasteiger charge is 2.38. The maximum absolute atomic E-state index is 13.7. The van der Waals surface area contributed by atoms with E-state index in [9.17, 15) is 22.8 Å². The third kappa shape index (κ3) is 4.33. The van der Waals surface area contributed by atoms with Crippen LogP contribution < -0.4 is 10.5 Å². The molecule has 0 spiro atoms. The van der Waals surface area contributed by atoms with Crippen LogP contribution in [0.3, 0.4) is 0 Å². The molecule has 1 amide bonds. The summed E-state index contributed by atoms with van der Waals surface area (Å²) in [4.78, 5) is 31.0. The predicted molar refractivity (Wildman–Crippen MR) is 134 cm³/mol. The standard InChI is InChI=1S/C26H22F3N3O2S.ClH/c27-26(28,29)18-8-9-23-21(11-18)32(20-4-1-2-6-22(20)35-23)25(34)15-30-12-16-10-17(14-30)19-5-3-7-24(33)31(19)13-16;/h1-9,11,16-17H,10,12-15H2;1H/t16-,17-;/m0./s1. The largest absolute Gasteiger partial charge is 0.416 e. The Morgan fingerprint density at radius 1 is 0.944 bits per heavy atom. The molecule has 6 rings (SSSR count). The number of hydrogen-bond donors (Lipinski definition) is 0. The lowest BCUT2D eigenvalue weighted by Gasteiger charge is -2.43. The van der Waals surface area contributed by atoms with Crippen LogP contribution >= 0.6 is 24.2 Å². The van der Waals surface area contributed by atoms with Crippen molar-refractivity contribution in [2.24, 2.45) is 5.92 Å². The lowest BCUT2D eigenvalue weighted by atomic mass is 9.83. The lowest BCUT2D eigenvalue weighted by Crippen LogP contribution is -2.50. The summed E-state index contributed by atoms with van der Waals surface area (Å²) in [5.41, 5.74) is 1.08. The van der Waals surface area contributed by atoms with Gasteiger partial charge in [-0.25, -0.2) is 0 Å². The minimum Gasteiger partial charge on any atom is -0.312 e. The van der Waals surface area contributed by atoms with Crippen molar-refractivity contribution in [1.29, 1.82) is 0 Å². The number of anilines is 2. The summed E-state index contributed by atoms with van der Waals surface area (Å²) in [6, 6.07) is 16.2. The van der Waals surface area contributed by atoms with E-state index in [1.807, 2.05) is 22.8 Å². The molecule has 4 heterocycles. The van der Waals surface area contributed by atoms with Crippen molar-refractivity contribution in [2.75, 3.05) is 24.5 Å². The number of carbonyl (C=O) groups excluding carboxylic acids is 1. The average Bonchev–Trinajstić information content (AvgIpc) is 2.82. The van der Waals surface area contributed by atoms with Crippen LogP contribution in [-0.4, -0.2) is 35.0 Å². The molecule has 188 valence electrons. The molecule has 10 heteroatoms. The molecule has 2 aromatic carbocycles. The molecule has 0 saturated carbocycles. The van der Waals surface area contributed by atoms with E-state index >= 15 is 0 Å². The Hall–Kier alpha value is -2.75. The molecule has 0 aliphatic carbocycles. The van der Waals surface area contributed by atoms with Crippen molar-refractivity contribution in [3.8, 4) is 0 Å². The first-order chi connectivity index (χ1) is 16.8. The molecule has 3 aliphatic rings. The number of likely N-dealkylation sites (tertiary alicyclic amines) is 1. The van der Waals surface area contributed by atoms with E-state index in [-0.39, 0.29) is 47.9 Å². The Kier molecular flexibility index (Phi) is 6.43. The van der Waals surface area contributed by atoms with Gasteiger partial charge in [-0.05, 0) is 48.7 Å². The summed E-state index contributed by atoms with van der Waals surface area (Å²) in [5, 5.41) is 0. The van der Waals surface area contributed by atoms with Crippen LogP contribution in [0.25, 0.3) is 0 Å². The molecule has 2 atom stereocenters. The van der Waals surface area contributed by atoms with Crippen LogP contribution in [0.1, 0.15) is 23.6 Å². The van der Waals surface area contributed by atoms with Gasteiger partial charge in [0.15, 0.2) is 0 Å². The Morgan fingerprint density at radius 2 is 1.72 bits per heavy atom. The molecule has 5 nitrogen and oxygen atoms in total. The van der Waals surface area contributed by atoms with Crippen LogP contribution in [0.15, 0.2) is 75.2 Å². The highest BCUT2D eigenvalue weighted by molar-refractivity contribution is 7.99. The summed E-state index contributed by atoms with van der Waals surface area (Å²) < 4.78 is 42.3. The van der Waals surface area contributed by atoms with E-state index in [0.717, 1.165) is 29.1 Å². The third-order valence-electron chi connectivity index (χ3n) is 7.02. The Labute approximate surface area is 216 Å². The van der Waals surface area contributed by atoms with Crippen molar-refractivity contribution in [1.82, 2.24) is 9.47 Å². The SMILES string of the molecule is Cl.O=C(CN1C[C@@H]2C[C@@H](C1)c1cccc(=O)n1C2)N1c2ccccc2Sc2ccc(C(F)(F)F)cc21. The van der Waals surface area contributed by atoms with E-state index in [0.29, 0.717) is 30.2 Å². The number of rotatable bonds is 2. The Bertz CT molecular complexity index is 1390. The van der Waals surface area contributed by atoms with Crippen LogP contribution in [0, 0.1) is 5.92 Å². The van der Waals surface area contributed by atoms with Gasteiger partial charge in [0, 0.05) is 47.1 Å². The number of alkyl halides is 3. The fourth-order valence-electron chi connectivity index (χ4n) is 5.59. The fraction of sp³-hybridized carbons (Fsp3) is 0.308. The van der Waals surface area contributed by atoms with Gasteiger partial charge in [-0.3, -0.25) is 19.4 Å². The van der Waals surface area contributed by atoms with E-state index < -0.39 is 11.7 Å². The minimum atomic E-state index is -4.50. The Balaban J connectivity index is 0.00000267. The maximum Gasteiger partial charge on any atom is 0.416 e. The van der Waals surface area contributed by atoms with Crippen molar-refractivity contribution in [3.63, 3.8) is 0 Å². The molecule has 36 heavy (non-hydrogen) atoms. The number of amides is 1. The van der Waals surface area contributed by atoms with E-state index in [4.69, 9.17) is 0 Å². The van der Waals surface area contributed by atoms with Crippen LogP contribution in [0.5, 0.6) is 0 Å². The van der Waals surface area contributed by atoms with Crippen molar-refractivity contribution in [2.45, 2.75) is 34.9 Å². The number of para-hydroxylation sites is 1. The van der Waals surface area contributed by atoms with Gasteiger partial charge >= 0.3 is 6.18 Å². The molecular formula is C26H23ClF3N3O2S. The summed E-state index contributed by atoms with van der Waals surface area (Å²) in [6.07, 6.45) is -3.53. The van der Waals surface area contributed by atoms with Gasteiger partial charge in [0.05, 0.1) is 23.5 Å². The van der Waals surface area contributed by atoms with E-state index in [1.165, 1.54) is 22.7 Å². The third-order valence-corrected chi connectivity index (χ3v) is 8.15. The molecule has 1 fully saturated rings. The number of hydrogen-bond acceptors (Lipinski definition) is 4. The van der Waals surface area contributed by atoms with Crippen LogP contribution in [-0.2, 0) is 17.5 Å². The fourth-order valence-corrected chi connectivity index (χ4v) is 6.62. The zero-order valence-corrected chi connectivity index (χ0v) is 20.7. The summed E-state index contributed by atoms with van der Waals surface area (Å²) in [7, 11) is 0. The van der Waals surface area contributed by atoms with Gasteiger partial charge in [-0.2, -0.15) is 13.2 Å². The van der Waals surface area contributed by atoms with Crippen LogP contribution in [0.4, 0.5) is 24.5 Å². The zero-order valence-electron chi connectivity index (χ0n) is 19.1. The van der Waals surface area contributed by atoms with E-state index in [1.54, 1.807) is 24.3 Å². The number of halogens is 4. The Morgan fingerprint density at radius 3 is 2.53 bits per heavy atom. The summed E-state index contributed by atoms with van der Waals surface area (Å²) >= 11 is 1.37. The molecule has 0 N–H and O–H groups in total. The molecule has 3 aromatic rings. The van der Waals surface area contributed by atoms with Crippen LogP contribution in [0.2, 0.25) is 0 Å². The van der Waals surface area contributed by atoms with Gasteiger partial charge in [0.25, 0.3) is 5.56 Å². The molecule has 0 unspecified atom stereocenters. The number of pyridine rings is 1. The summed E-state index contributed by atoms with van der Waals surface area (Å²) in [6.45, 7) is 2.02. The highest BCUT2D eigenvalue weighted by atomic mass is 35.5. The van der Waals surface area contributed by atoms with Gasteiger partial charge in [0.2, 0.25) is 5.91 Å². The van der Waals surface area contributed by atoms with Gasteiger partial charge < -0.3 is 4.57 Å². The number of aromatic nitrogens is 1. The molecule has 0 radical (unpaired) electrons. The second kappa shape index (κ2) is 9.28. The van der Waals surface area contributed by atoms with Crippen molar-refractivity contribution < 1.29 is 18.0 Å². The van der Waals surface area contributed by atoms with Gasteiger partial charge in [-0.15, -0.1) is 12.4 Å². The monoisotopic (exact) mass is 533 g/mol.